The lowest BCUT2D eigenvalue weighted by Gasteiger charge is -2.08. The number of hydrogen-bond donors (Lipinski definition) is 3. The van der Waals surface area contributed by atoms with Gasteiger partial charge in [0.2, 0.25) is 0 Å². The second-order valence-electron chi connectivity index (χ2n) is 5.51. The van der Waals surface area contributed by atoms with E-state index in [4.69, 9.17) is 24.4 Å². The van der Waals surface area contributed by atoms with E-state index in [0.29, 0.717) is 11.0 Å². The molecule has 0 saturated heterocycles. The molecule has 0 bridgehead atoms. The van der Waals surface area contributed by atoms with Gasteiger partial charge in [0.25, 0.3) is 0 Å². The third-order valence-electron chi connectivity index (χ3n) is 3.45. The van der Waals surface area contributed by atoms with E-state index in [1.54, 1.807) is 11.8 Å². The van der Waals surface area contributed by atoms with E-state index >= 15 is 0 Å². The van der Waals surface area contributed by atoms with E-state index < -0.39 is 0 Å². The van der Waals surface area contributed by atoms with Crippen molar-refractivity contribution in [3.05, 3.63) is 0 Å². The first-order valence-electron chi connectivity index (χ1n) is 8.54. The number of hydrogen-bond acceptors (Lipinski definition) is 3. The fourth-order valence-electron chi connectivity index (χ4n) is 2.17. The Balaban J connectivity index is 3.13. The molecule has 0 aromatic carbocycles. The number of thioether (sulfide) groups is 1. The van der Waals surface area contributed by atoms with E-state index in [-0.39, 0.29) is 0 Å². The smallest absolute Gasteiger partial charge is 0.135 e. The average molecular weight is 381 g/mol. The Hall–Kier alpha value is 0.480. The summed E-state index contributed by atoms with van der Waals surface area (Å²) in [4.78, 5) is 0. The molecule has 0 aliphatic rings. The lowest BCUT2D eigenvalue weighted by atomic mass is 10.1. The Morgan fingerprint density at radius 3 is 1.82 bits per heavy atom. The molecule has 6 heteroatoms. The van der Waals surface area contributed by atoms with Crippen molar-refractivity contribution >= 4 is 57.5 Å². The Morgan fingerprint density at radius 2 is 1.32 bits per heavy atom. The molecule has 0 aromatic heterocycles. The monoisotopic (exact) mass is 380 g/mol. The third-order valence-corrected chi connectivity index (χ3v) is 5.15. The van der Waals surface area contributed by atoms with Crippen molar-refractivity contribution in [1.29, 1.82) is 0 Å². The second-order valence-corrected chi connectivity index (χ2v) is 8.44. The van der Waals surface area contributed by atoms with Gasteiger partial charge < -0.3 is 10.6 Å². The van der Waals surface area contributed by atoms with E-state index in [1.165, 1.54) is 70.6 Å². The zero-order chi connectivity index (χ0) is 16.5. The normalized spacial score (nSPS) is 10.5. The van der Waals surface area contributed by atoms with Crippen LogP contribution in [0.25, 0.3) is 0 Å². The molecule has 0 heterocycles. The van der Waals surface area contributed by atoms with Crippen molar-refractivity contribution < 1.29 is 0 Å². The summed E-state index contributed by atoms with van der Waals surface area (Å²) in [7, 11) is 0. The summed E-state index contributed by atoms with van der Waals surface area (Å²) in [6.45, 7) is 2.84. The molecule has 0 aromatic rings. The number of thiol groups is 1. The molecule has 0 radical (unpaired) electrons. The summed E-state index contributed by atoms with van der Waals surface area (Å²) < 4.78 is 1.33. The molecule has 0 aliphatic carbocycles. The minimum atomic E-state index is 0.491. The Kier molecular flexibility index (Phi) is 18.2. The van der Waals surface area contributed by atoms with Gasteiger partial charge in [0.1, 0.15) is 8.64 Å². The summed E-state index contributed by atoms with van der Waals surface area (Å²) in [5.74, 6) is 1.11. The van der Waals surface area contributed by atoms with Gasteiger partial charge in [-0.1, -0.05) is 107 Å². The summed E-state index contributed by atoms with van der Waals surface area (Å²) in [6, 6.07) is 0. The number of thiocarbonyl (C=S) groups is 2. The maximum Gasteiger partial charge on any atom is 0.135 e. The van der Waals surface area contributed by atoms with E-state index in [9.17, 15) is 0 Å². The van der Waals surface area contributed by atoms with Crippen LogP contribution in [0.2, 0.25) is 0 Å². The summed E-state index contributed by atoms with van der Waals surface area (Å²) >= 11 is 15.7. The molecule has 2 N–H and O–H groups in total. The molecule has 2 nitrogen and oxygen atoms in total. The molecule has 22 heavy (non-hydrogen) atoms. The highest BCUT2D eigenvalue weighted by atomic mass is 32.2. The van der Waals surface area contributed by atoms with Gasteiger partial charge in [-0.3, -0.25) is 0 Å². The molecular formula is C16H32N2S4. The number of rotatable bonds is 14. The first-order chi connectivity index (χ1) is 10.7. The van der Waals surface area contributed by atoms with Crippen molar-refractivity contribution in [2.24, 2.45) is 0 Å². The highest BCUT2D eigenvalue weighted by Crippen LogP contribution is 2.13. The van der Waals surface area contributed by atoms with Gasteiger partial charge in [0.05, 0.1) is 6.67 Å². The van der Waals surface area contributed by atoms with Crippen LogP contribution in [0.15, 0.2) is 0 Å². The fraction of sp³-hybridized carbons (Fsp3) is 0.875. The topological polar surface area (TPSA) is 24.1 Å². The van der Waals surface area contributed by atoms with Crippen LogP contribution in [0.5, 0.6) is 0 Å². The highest BCUT2D eigenvalue weighted by molar-refractivity contribution is 8.22. The molecule has 0 fully saturated rings. The van der Waals surface area contributed by atoms with Crippen LogP contribution in [-0.4, -0.2) is 21.1 Å². The van der Waals surface area contributed by atoms with E-state index in [1.807, 2.05) is 0 Å². The van der Waals surface area contributed by atoms with Gasteiger partial charge in [-0.15, -0.1) is 12.6 Å². The van der Waals surface area contributed by atoms with Crippen LogP contribution in [0.4, 0.5) is 0 Å². The lowest BCUT2D eigenvalue weighted by Crippen LogP contribution is -2.32. The van der Waals surface area contributed by atoms with E-state index in [0.717, 1.165) is 10.1 Å². The molecule has 0 rings (SSSR count). The van der Waals surface area contributed by atoms with E-state index in [2.05, 4.69) is 30.2 Å². The van der Waals surface area contributed by atoms with Gasteiger partial charge in [-0.2, -0.15) is 0 Å². The predicted octanol–water partition coefficient (Wildman–Crippen LogP) is 5.67. The maximum absolute atomic E-state index is 5.23. The van der Waals surface area contributed by atoms with Crippen LogP contribution < -0.4 is 10.6 Å². The quantitative estimate of drug-likeness (QED) is 0.156. The van der Waals surface area contributed by atoms with Crippen molar-refractivity contribution in [1.82, 2.24) is 10.6 Å². The predicted molar refractivity (Wildman–Crippen MR) is 114 cm³/mol. The first kappa shape index (κ1) is 22.5. The minimum absolute atomic E-state index is 0.491. The molecule has 130 valence electrons. The van der Waals surface area contributed by atoms with Crippen LogP contribution in [0, 0.1) is 0 Å². The average Bonchev–Trinajstić information content (AvgIpc) is 2.48. The number of unbranched alkanes of at least 4 members (excludes halogenated alkanes) is 10. The summed E-state index contributed by atoms with van der Waals surface area (Å²) in [6.07, 6.45) is 15.2. The van der Waals surface area contributed by atoms with Crippen molar-refractivity contribution in [2.75, 3.05) is 12.4 Å². The molecular weight excluding hydrogens is 348 g/mol. The Labute approximate surface area is 157 Å². The van der Waals surface area contributed by atoms with Crippen molar-refractivity contribution in [3.63, 3.8) is 0 Å². The SMILES string of the molecule is CCCCCCCCCCCCCSC(=S)NCNC(=S)S. The minimum Gasteiger partial charge on any atom is -0.354 e. The van der Waals surface area contributed by atoms with Gasteiger partial charge in [-0.25, -0.2) is 0 Å². The van der Waals surface area contributed by atoms with Crippen LogP contribution >= 0.6 is 48.8 Å². The van der Waals surface area contributed by atoms with Crippen LogP contribution in [-0.2, 0) is 0 Å². The van der Waals surface area contributed by atoms with Crippen LogP contribution in [0.1, 0.15) is 77.6 Å². The van der Waals surface area contributed by atoms with Crippen LogP contribution in [0.3, 0.4) is 0 Å². The Bertz CT molecular complexity index is 285. The standard InChI is InChI=1S/C16H32N2S4/c1-2-3-4-5-6-7-8-9-10-11-12-13-22-16(21)18-14-17-15(19)20/h2-14H2,1H3,(H,18,21)(H2,17,19,20). The molecule has 0 unspecified atom stereocenters. The van der Waals surface area contributed by atoms with Crippen molar-refractivity contribution in [3.8, 4) is 0 Å². The molecule has 0 saturated carbocycles. The molecule has 0 spiro atoms. The lowest BCUT2D eigenvalue weighted by molar-refractivity contribution is 0.555. The zero-order valence-corrected chi connectivity index (χ0v) is 17.2. The number of nitrogens with one attached hydrogen (secondary N) is 2. The maximum atomic E-state index is 5.23. The molecule has 0 amide bonds. The van der Waals surface area contributed by atoms with Gasteiger partial charge in [0.15, 0.2) is 0 Å². The van der Waals surface area contributed by atoms with Gasteiger partial charge >= 0.3 is 0 Å². The zero-order valence-electron chi connectivity index (χ0n) is 13.9. The largest absolute Gasteiger partial charge is 0.354 e. The van der Waals surface area contributed by atoms with Gasteiger partial charge in [-0.05, 0) is 6.42 Å². The molecule has 0 aliphatic heterocycles. The Morgan fingerprint density at radius 1 is 0.818 bits per heavy atom. The molecule has 0 atom stereocenters. The fourth-order valence-corrected chi connectivity index (χ4v) is 3.36. The van der Waals surface area contributed by atoms with Gasteiger partial charge in [0, 0.05) is 5.75 Å². The van der Waals surface area contributed by atoms with Crippen molar-refractivity contribution in [2.45, 2.75) is 77.6 Å². The summed E-state index contributed by atoms with van der Waals surface area (Å²) in [5, 5.41) is 6.01. The highest BCUT2D eigenvalue weighted by Gasteiger charge is 1.97. The first-order valence-corrected chi connectivity index (χ1v) is 10.8. The third kappa shape index (κ3) is 18.5. The summed E-state index contributed by atoms with van der Waals surface area (Å²) in [5.41, 5.74) is 0. The second kappa shape index (κ2) is 17.8.